The summed E-state index contributed by atoms with van der Waals surface area (Å²) in [6.45, 7) is 2.14. The van der Waals surface area contributed by atoms with Crippen molar-refractivity contribution in [2.45, 2.75) is 32.6 Å². The van der Waals surface area contributed by atoms with Gasteiger partial charge in [0, 0.05) is 6.42 Å². The fourth-order valence-electron chi connectivity index (χ4n) is 0.639. The SMILES string of the molecule is CCCCC=CCC(N)=O. The first-order valence-corrected chi connectivity index (χ1v) is 3.70. The molecule has 0 fully saturated rings. The zero-order chi connectivity index (χ0) is 7.82. The quantitative estimate of drug-likeness (QED) is 0.458. The Morgan fingerprint density at radius 1 is 1.50 bits per heavy atom. The molecular formula is C8H15NO. The second-order valence-electron chi connectivity index (χ2n) is 2.28. The average molecular weight is 141 g/mol. The Balaban J connectivity index is 3.12. The van der Waals surface area contributed by atoms with Gasteiger partial charge < -0.3 is 5.73 Å². The molecule has 2 N–H and O–H groups in total. The van der Waals surface area contributed by atoms with Gasteiger partial charge in [0.05, 0.1) is 0 Å². The highest BCUT2D eigenvalue weighted by Gasteiger charge is 1.85. The number of carbonyl (C=O) groups is 1. The van der Waals surface area contributed by atoms with E-state index < -0.39 is 0 Å². The Bertz CT molecular complexity index is 118. The number of amides is 1. The molecule has 0 aromatic heterocycles. The fraction of sp³-hybridized carbons (Fsp3) is 0.625. The van der Waals surface area contributed by atoms with Gasteiger partial charge in [0.25, 0.3) is 0 Å². The molecule has 2 heteroatoms. The molecule has 1 amide bonds. The van der Waals surface area contributed by atoms with Crippen LogP contribution in [0.15, 0.2) is 12.2 Å². The Kier molecular flexibility index (Phi) is 5.83. The lowest BCUT2D eigenvalue weighted by molar-refractivity contribution is -0.117. The monoisotopic (exact) mass is 141 g/mol. The second kappa shape index (κ2) is 6.33. The van der Waals surface area contributed by atoms with Crippen LogP contribution in [0.25, 0.3) is 0 Å². The Morgan fingerprint density at radius 3 is 2.70 bits per heavy atom. The molecule has 0 aliphatic carbocycles. The molecule has 0 aromatic carbocycles. The van der Waals surface area contributed by atoms with E-state index >= 15 is 0 Å². The van der Waals surface area contributed by atoms with Gasteiger partial charge >= 0.3 is 0 Å². The second-order valence-corrected chi connectivity index (χ2v) is 2.28. The lowest BCUT2D eigenvalue weighted by Gasteiger charge is -1.87. The van der Waals surface area contributed by atoms with E-state index in [0.29, 0.717) is 6.42 Å². The smallest absolute Gasteiger partial charge is 0.221 e. The van der Waals surface area contributed by atoms with Crippen LogP contribution >= 0.6 is 0 Å². The summed E-state index contributed by atoms with van der Waals surface area (Å²) in [5.74, 6) is -0.257. The van der Waals surface area contributed by atoms with Gasteiger partial charge in [0.1, 0.15) is 0 Å². The molecule has 2 nitrogen and oxygen atoms in total. The van der Waals surface area contributed by atoms with Crippen LogP contribution in [0, 0.1) is 0 Å². The first-order chi connectivity index (χ1) is 4.77. The van der Waals surface area contributed by atoms with E-state index in [1.807, 2.05) is 12.2 Å². The summed E-state index contributed by atoms with van der Waals surface area (Å²) in [5, 5.41) is 0. The van der Waals surface area contributed by atoms with Gasteiger partial charge in [-0.05, 0) is 6.42 Å². The van der Waals surface area contributed by atoms with Gasteiger partial charge in [-0.2, -0.15) is 0 Å². The highest BCUT2D eigenvalue weighted by atomic mass is 16.1. The van der Waals surface area contributed by atoms with Gasteiger partial charge in [-0.3, -0.25) is 4.79 Å². The zero-order valence-electron chi connectivity index (χ0n) is 6.47. The van der Waals surface area contributed by atoms with Crippen LogP contribution in [0.2, 0.25) is 0 Å². The van der Waals surface area contributed by atoms with Crippen molar-refractivity contribution < 1.29 is 4.79 Å². The molecule has 10 heavy (non-hydrogen) atoms. The molecule has 0 atom stereocenters. The van der Waals surface area contributed by atoms with Crippen molar-refractivity contribution in [1.29, 1.82) is 0 Å². The summed E-state index contributed by atoms with van der Waals surface area (Å²) in [5.41, 5.74) is 4.92. The number of primary amides is 1. The largest absolute Gasteiger partial charge is 0.369 e. The van der Waals surface area contributed by atoms with E-state index in [1.54, 1.807) is 0 Å². The van der Waals surface area contributed by atoms with Crippen LogP contribution in [0.3, 0.4) is 0 Å². The molecule has 0 aliphatic heterocycles. The maximum absolute atomic E-state index is 10.2. The summed E-state index contributed by atoms with van der Waals surface area (Å²) in [7, 11) is 0. The van der Waals surface area contributed by atoms with Crippen LogP contribution in [0.1, 0.15) is 32.6 Å². The molecule has 0 rings (SSSR count). The predicted molar refractivity (Wildman–Crippen MR) is 42.5 cm³/mol. The molecule has 0 aromatic rings. The molecule has 0 radical (unpaired) electrons. The number of allylic oxidation sites excluding steroid dienone is 1. The topological polar surface area (TPSA) is 43.1 Å². The summed E-state index contributed by atoms with van der Waals surface area (Å²) < 4.78 is 0. The molecular weight excluding hydrogens is 126 g/mol. The Morgan fingerprint density at radius 2 is 2.20 bits per heavy atom. The molecule has 0 spiro atoms. The highest BCUT2D eigenvalue weighted by molar-refractivity contribution is 5.75. The molecule has 0 unspecified atom stereocenters. The van der Waals surface area contributed by atoms with Crippen molar-refractivity contribution >= 4 is 5.91 Å². The normalized spacial score (nSPS) is 10.5. The van der Waals surface area contributed by atoms with Crippen LogP contribution in [0.5, 0.6) is 0 Å². The van der Waals surface area contributed by atoms with Crippen LogP contribution in [-0.4, -0.2) is 5.91 Å². The van der Waals surface area contributed by atoms with E-state index in [1.165, 1.54) is 12.8 Å². The van der Waals surface area contributed by atoms with E-state index in [-0.39, 0.29) is 5.91 Å². The number of unbranched alkanes of at least 4 members (excludes halogenated alkanes) is 2. The number of rotatable bonds is 5. The Hall–Kier alpha value is -0.790. The third-order valence-corrected chi connectivity index (χ3v) is 1.21. The van der Waals surface area contributed by atoms with Crippen molar-refractivity contribution in [2.75, 3.05) is 0 Å². The average Bonchev–Trinajstić information content (AvgIpc) is 1.87. The van der Waals surface area contributed by atoms with Gasteiger partial charge in [-0.1, -0.05) is 31.9 Å². The molecule has 0 aliphatic rings. The van der Waals surface area contributed by atoms with Crippen molar-refractivity contribution in [2.24, 2.45) is 5.73 Å². The third kappa shape index (κ3) is 7.21. The van der Waals surface area contributed by atoms with E-state index in [9.17, 15) is 4.79 Å². The fourth-order valence-corrected chi connectivity index (χ4v) is 0.639. The number of carbonyl (C=O) groups excluding carboxylic acids is 1. The molecule has 0 heterocycles. The molecule has 0 saturated heterocycles. The minimum atomic E-state index is -0.257. The van der Waals surface area contributed by atoms with Gasteiger partial charge in [-0.25, -0.2) is 0 Å². The number of hydrogen-bond acceptors (Lipinski definition) is 1. The highest BCUT2D eigenvalue weighted by Crippen LogP contribution is 1.95. The maximum atomic E-state index is 10.2. The van der Waals surface area contributed by atoms with Gasteiger partial charge in [-0.15, -0.1) is 0 Å². The summed E-state index contributed by atoms with van der Waals surface area (Å²) in [4.78, 5) is 10.2. The number of nitrogens with two attached hydrogens (primary N) is 1. The van der Waals surface area contributed by atoms with Crippen molar-refractivity contribution in [3.05, 3.63) is 12.2 Å². The molecule has 58 valence electrons. The lowest BCUT2D eigenvalue weighted by atomic mass is 10.2. The Labute approximate surface area is 62.1 Å². The van der Waals surface area contributed by atoms with Crippen molar-refractivity contribution in [3.63, 3.8) is 0 Å². The van der Waals surface area contributed by atoms with Crippen LogP contribution < -0.4 is 5.73 Å². The minimum absolute atomic E-state index is 0.257. The van der Waals surface area contributed by atoms with E-state index in [0.717, 1.165) is 6.42 Å². The minimum Gasteiger partial charge on any atom is -0.369 e. The molecule has 0 bridgehead atoms. The van der Waals surface area contributed by atoms with Crippen molar-refractivity contribution in [3.8, 4) is 0 Å². The summed E-state index contributed by atoms with van der Waals surface area (Å²) in [6, 6.07) is 0. The van der Waals surface area contributed by atoms with Crippen molar-refractivity contribution in [1.82, 2.24) is 0 Å². The van der Waals surface area contributed by atoms with Crippen LogP contribution in [0.4, 0.5) is 0 Å². The first-order valence-electron chi connectivity index (χ1n) is 3.70. The van der Waals surface area contributed by atoms with E-state index in [2.05, 4.69) is 6.92 Å². The van der Waals surface area contributed by atoms with Crippen LogP contribution in [-0.2, 0) is 4.79 Å². The number of hydrogen-bond donors (Lipinski definition) is 1. The lowest BCUT2D eigenvalue weighted by Crippen LogP contribution is -2.07. The summed E-state index contributed by atoms with van der Waals surface area (Å²) in [6.07, 6.45) is 7.66. The third-order valence-electron chi connectivity index (χ3n) is 1.21. The van der Waals surface area contributed by atoms with Gasteiger partial charge in [0.15, 0.2) is 0 Å². The van der Waals surface area contributed by atoms with E-state index in [4.69, 9.17) is 5.73 Å². The summed E-state index contributed by atoms with van der Waals surface area (Å²) >= 11 is 0. The predicted octanol–water partition coefficient (Wildman–Crippen LogP) is 1.61. The maximum Gasteiger partial charge on any atom is 0.221 e. The zero-order valence-corrected chi connectivity index (χ0v) is 6.47. The first kappa shape index (κ1) is 9.21. The van der Waals surface area contributed by atoms with Gasteiger partial charge in [0.2, 0.25) is 5.91 Å². The standard InChI is InChI=1S/C8H15NO/c1-2-3-4-5-6-7-8(9)10/h5-6H,2-4,7H2,1H3,(H2,9,10). The molecule has 0 saturated carbocycles.